The van der Waals surface area contributed by atoms with Gasteiger partial charge in [0.05, 0.1) is 12.2 Å². The highest BCUT2D eigenvalue weighted by Gasteiger charge is 2.24. The molecule has 106 valence electrons. The fourth-order valence-electron chi connectivity index (χ4n) is 2.39. The van der Waals surface area contributed by atoms with Gasteiger partial charge in [-0.15, -0.1) is 0 Å². The Morgan fingerprint density at radius 1 is 1.21 bits per heavy atom. The van der Waals surface area contributed by atoms with Crippen molar-refractivity contribution in [1.82, 2.24) is 5.32 Å². The molecule has 0 spiro atoms. The molecule has 2 rings (SSSR count). The third kappa shape index (κ3) is 3.71. The number of rotatable bonds is 5. The van der Waals surface area contributed by atoms with E-state index in [1.165, 1.54) is 11.1 Å². The second kappa shape index (κ2) is 5.14. The summed E-state index contributed by atoms with van der Waals surface area (Å²) < 4.78 is 5.54. The molecule has 1 aliphatic heterocycles. The summed E-state index contributed by atoms with van der Waals surface area (Å²) >= 11 is 0. The van der Waals surface area contributed by atoms with E-state index in [0.717, 1.165) is 25.3 Å². The van der Waals surface area contributed by atoms with E-state index in [4.69, 9.17) is 4.74 Å². The van der Waals surface area contributed by atoms with Gasteiger partial charge in [-0.2, -0.15) is 0 Å². The Hall–Kier alpha value is -1.06. The lowest BCUT2D eigenvalue weighted by Crippen LogP contribution is -2.41. The van der Waals surface area contributed by atoms with Gasteiger partial charge in [0.2, 0.25) is 0 Å². The van der Waals surface area contributed by atoms with Crippen LogP contribution in [0.3, 0.4) is 0 Å². The summed E-state index contributed by atoms with van der Waals surface area (Å²) in [7, 11) is 0. The van der Waals surface area contributed by atoms with Crippen LogP contribution in [0.1, 0.15) is 38.8 Å². The van der Waals surface area contributed by atoms with Gasteiger partial charge in [0.15, 0.2) is 0 Å². The molecule has 0 bridgehead atoms. The summed E-state index contributed by atoms with van der Waals surface area (Å²) in [6, 6.07) is 6.49. The van der Waals surface area contributed by atoms with Gasteiger partial charge in [-0.25, -0.2) is 0 Å². The largest absolute Gasteiger partial charge is 0.493 e. The van der Waals surface area contributed by atoms with Gasteiger partial charge >= 0.3 is 0 Å². The molecule has 2 N–H and O–H groups in total. The monoisotopic (exact) mass is 263 g/mol. The van der Waals surface area contributed by atoms with E-state index in [9.17, 15) is 5.11 Å². The molecule has 0 radical (unpaired) electrons. The Labute approximate surface area is 116 Å². The van der Waals surface area contributed by atoms with E-state index in [1.807, 2.05) is 13.8 Å². The van der Waals surface area contributed by atoms with Gasteiger partial charge in [-0.05, 0) is 31.0 Å². The Morgan fingerprint density at radius 3 is 2.63 bits per heavy atom. The quantitative estimate of drug-likeness (QED) is 0.856. The molecule has 3 nitrogen and oxygen atoms in total. The molecule has 1 heterocycles. The first kappa shape index (κ1) is 14.4. The van der Waals surface area contributed by atoms with Crippen LogP contribution < -0.4 is 10.1 Å². The SMILES string of the molecule is CC(C)(O)CNCC(C)(C)c1ccc2c(c1)CCO2. The first-order chi connectivity index (χ1) is 8.78. The third-order valence-electron chi connectivity index (χ3n) is 3.60. The highest BCUT2D eigenvalue weighted by molar-refractivity contribution is 5.42. The van der Waals surface area contributed by atoms with Crippen molar-refractivity contribution in [1.29, 1.82) is 0 Å². The van der Waals surface area contributed by atoms with E-state index in [1.54, 1.807) is 0 Å². The lowest BCUT2D eigenvalue weighted by atomic mass is 9.83. The molecule has 0 saturated carbocycles. The molecular formula is C16H25NO2. The highest BCUT2D eigenvalue weighted by Crippen LogP contribution is 2.31. The molecule has 3 heteroatoms. The number of aliphatic hydroxyl groups is 1. The van der Waals surface area contributed by atoms with Gasteiger partial charge in [0.25, 0.3) is 0 Å². The van der Waals surface area contributed by atoms with Crippen molar-refractivity contribution in [2.75, 3.05) is 19.7 Å². The van der Waals surface area contributed by atoms with Crippen LogP contribution in [-0.4, -0.2) is 30.4 Å². The van der Waals surface area contributed by atoms with Crippen LogP contribution in [0.2, 0.25) is 0 Å². The number of ether oxygens (including phenoxy) is 1. The molecule has 19 heavy (non-hydrogen) atoms. The third-order valence-corrected chi connectivity index (χ3v) is 3.60. The number of hydrogen-bond acceptors (Lipinski definition) is 3. The van der Waals surface area contributed by atoms with Gasteiger partial charge in [-0.1, -0.05) is 26.0 Å². The van der Waals surface area contributed by atoms with Crippen LogP contribution in [0.25, 0.3) is 0 Å². The second-order valence-electron chi connectivity index (χ2n) is 6.72. The number of benzene rings is 1. The van der Waals surface area contributed by atoms with E-state index in [2.05, 4.69) is 37.4 Å². The molecule has 0 fully saturated rings. The zero-order valence-electron chi connectivity index (χ0n) is 12.4. The lowest BCUT2D eigenvalue weighted by Gasteiger charge is -2.28. The maximum Gasteiger partial charge on any atom is 0.122 e. The summed E-state index contributed by atoms with van der Waals surface area (Å²) in [6.45, 7) is 10.3. The normalized spacial score (nSPS) is 15.2. The molecule has 0 saturated heterocycles. The predicted octanol–water partition coefficient (Wildman–Crippen LogP) is 2.26. The molecular weight excluding hydrogens is 238 g/mol. The average Bonchev–Trinajstić information content (AvgIpc) is 2.73. The van der Waals surface area contributed by atoms with Crippen molar-refractivity contribution in [3.8, 4) is 5.75 Å². The van der Waals surface area contributed by atoms with Crippen molar-refractivity contribution >= 4 is 0 Å². The zero-order valence-corrected chi connectivity index (χ0v) is 12.4. The average molecular weight is 263 g/mol. The second-order valence-corrected chi connectivity index (χ2v) is 6.72. The van der Waals surface area contributed by atoms with Crippen LogP contribution in [-0.2, 0) is 11.8 Å². The fourth-order valence-corrected chi connectivity index (χ4v) is 2.39. The molecule has 0 aromatic heterocycles. The van der Waals surface area contributed by atoms with Crippen LogP contribution >= 0.6 is 0 Å². The van der Waals surface area contributed by atoms with Crippen LogP contribution in [0, 0.1) is 0 Å². The molecule has 1 aromatic rings. The summed E-state index contributed by atoms with van der Waals surface area (Å²) in [5.74, 6) is 1.03. The highest BCUT2D eigenvalue weighted by atomic mass is 16.5. The van der Waals surface area contributed by atoms with Gasteiger partial charge < -0.3 is 15.2 Å². The zero-order chi connectivity index (χ0) is 14.1. The molecule has 0 aliphatic carbocycles. The van der Waals surface area contributed by atoms with Crippen molar-refractivity contribution in [2.45, 2.75) is 45.1 Å². The topological polar surface area (TPSA) is 41.5 Å². The number of nitrogens with one attached hydrogen (secondary N) is 1. The van der Waals surface area contributed by atoms with E-state index < -0.39 is 5.60 Å². The van der Waals surface area contributed by atoms with Crippen molar-refractivity contribution in [3.05, 3.63) is 29.3 Å². The van der Waals surface area contributed by atoms with Crippen LogP contribution in [0.15, 0.2) is 18.2 Å². The maximum absolute atomic E-state index is 9.73. The van der Waals surface area contributed by atoms with Gasteiger partial charge in [0, 0.05) is 24.9 Å². The summed E-state index contributed by atoms with van der Waals surface area (Å²) in [5, 5.41) is 13.1. The van der Waals surface area contributed by atoms with Crippen LogP contribution in [0.5, 0.6) is 5.75 Å². The molecule has 1 aliphatic rings. The first-order valence-electron chi connectivity index (χ1n) is 6.97. The minimum Gasteiger partial charge on any atom is -0.493 e. The number of fused-ring (bicyclic) bond motifs is 1. The predicted molar refractivity (Wildman–Crippen MR) is 77.8 cm³/mol. The first-order valence-corrected chi connectivity index (χ1v) is 6.97. The van der Waals surface area contributed by atoms with Crippen LogP contribution in [0.4, 0.5) is 0 Å². The van der Waals surface area contributed by atoms with Crippen molar-refractivity contribution in [2.24, 2.45) is 0 Å². The minimum absolute atomic E-state index is 0.0445. The minimum atomic E-state index is -0.665. The Balaban J connectivity index is 2.03. The lowest BCUT2D eigenvalue weighted by molar-refractivity contribution is 0.0785. The Bertz CT molecular complexity index is 447. The fraction of sp³-hybridized carbons (Fsp3) is 0.625. The molecule has 1 aromatic carbocycles. The molecule has 0 unspecified atom stereocenters. The smallest absolute Gasteiger partial charge is 0.122 e. The Kier molecular flexibility index (Phi) is 3.88. The Morgan fingerprint density at radius 2 is 1.95 bits per heavy atom. The molecule has 0 amide bonds. The summed E-state index contributed by atoms with van der Waals surface area (Å²) in [6.07, 6.45) is 1.01. The van der Waals surface area contributed by atoms with Gasteiger partial charge in [-0.3, -0.25) is 0 Å². The van der Waals surface area contributed by atoms with Gasteiger partial charge in [0.1, 0.15) is 5.75 Å². The van der Waals surface area contributed by atoms with Crippen molar-refractivity contribution in [3.63, 3.8) is 0 Å². The summed E-state index contributed by atoms with van der Waals surface area (Å²) in [4.78, 5) is 0. The summed E-state index contributed by atoms with van der Waals surface area (Å²) in [5.41, 5.74) is 2.01. The van der Waals surface area contributed by atoms with E-state index in [0.29, 0.717) is 6.54 Å². The standard InChI is InChI=1S/C16H25NO2/c1-15(2,10-17-11-16(3,4)18)13-5-6-14-12(9-13)7-8-19-14/h5-6,9,17-18H,7-8,10-11H2,1-4H3. The maximum atomic E-state index is 9.73. The van der Waals surface area contributed by atoms with E-state index in [-0.39, 0.29) is 5.41 Å². The number of hydrogen-bond donors (Lipinski definition) is 2. The molecule has 0 atom stereocenters. The van der Waals surface area contributed by atoms with Crippen molar-refractivity contribution < 1.29 is 9.84 Å². The van der Waals surface area contributed by atoms with E-state index >= 15 is 0 Å².